The van der Waals surface area contributed by atoms with Crippen LogP contribution < -0.4 is 5.32 Å². The van der Waals surface area contributed by atoms with Crippen LogP contribution in [-0.4, -0.2) is 76.6 Å². The molecule has 1 aliphatic rings. The Bertz CT molecular complexity index is 991. The van der Waals surface area contributed by atoms with Crippen LogP contribution in [0, 0.1) is 0 Å². The van der Waals surface area contributed by atoms with E-state index in [9.17, 15) is 14.4 Å². The van der Waals surface area contributed by atoms with Gasteiger partial charge in [-0.15, -0.1) is 0 Å². The number of hydrogen-bond donors (Lipinski definition) is 1. The Hall–Kier alpha value is -3.30. The van der Waals surface area contributed by atoms with Gasteiger partial charge in [-0.3, -0.25) is 0 Å². The molecule has 0 saturated carbocycles. The van der Waals surface area contributed by atoms with E-state index in [-0.39, 0.29) is 6.61 Å². The van der Waals surface area contributed by atoms with Gasteiger partial charge in [-0.1, -0.05) is 0 Å². The molecule has 2 aromatic rings. The number of esters is 2. The van der Waals surface area contributed by atoms with Crippen molar-refractivity contribution in [1.82, 2.24) is 5.32 Å². The van der Waals surface area contributed by atoms with E-state index < -0.39 is 48.5 Å². The Balaban J connectivity index is 1.86. The minimum absolute atomic E-state index is 0.252. The third kappa shape index (κ3) is 6.39. The van der Waals surface area contributed by atoms with Crippen molar-refractivity contribution in [2.45, 2.75) is 37.6 Å². The first kappa shape index (κ1) is 25.3. The van der Waals surface area contributed by atoms with Gasteiger partial charge in [-0.25, -0.2) is 0 Å². The van der Waals surface area contributed by atoms with E-state index in [2.05, 4.69) is 5.32 Å². The fourth-order valence-electron chi connectivity index (χ4n) is 3.60. The zero-order chi connectivity index (χ0) is 24.5. The zero-order valence-electron chi connectivity index (χ0n) is 18.8. The number of carbonyl (C=O) groups is 3. The summed E-state index contributed by atoms with van der Waals surface area (Å²) in [6, 6.07) is 15.8. The summed E-state index contributed by atoms with van der Waals surface area (Å²) in [6.45, 7) is 1.06. The zero-order valence-corrected chi connectivity index (χ0v) is 18.8. The third-order valence-corrected chi connectivity index (χ3v) is 5.13. The summed E-state index contributed by atoms with van der Waals surface area (Å²) in [7, 11) is 7.81. The van der Waals surface area contributed by atoms with Gasteiger partial charge >= 0.3 is 199 Å². The molecule has 1 amide bonds. The Morgan fingerprint density at radius 3 is 2.09 bits per heavy atom. The molecular weight excluding hydrogens is 440 g/mol. The summed E-state index contributed by atoms with van der Waals surface area (Å²) in [4.78, 5) is 37.2. The normalized spacial score (nSPS) is 23.7. The average Bonchev–Trinajstić information content (AvgIpc) is 2.85. The number of hydrogen-bond acceptors (Lipinski definition) is 8. The summed E-state index contributed by atoms with van der Waals surface area (Å²) in [5.41, 5.74) is 0.653. The van der Waals surface area contributed by atoms with Gasteiger partial charge in [-0.2, -0.15) is 0 Å². The maximum absolute atomic E-state index is 12.8. The third-order valence-electron chi connectivity index (χ3n) is 5.13. The number of benzene rings is 2. The molecule has 2 unspecified atom stereocenters. The average molecular weight is 464 g/mol. The SMILES string of the molecule is [B]=BO[C@H]1C(COC(=O)c2ccccc2)O[C@@H](OC)[C@@H](NC(C)=O)C1OC(=O)c1ccccc1. The predicted octanol–water partition coefficient (Wildman–Crippen LogP) is 1.03. The number of methoxy groups -OCH3 is 1. The molecule has 1 aliphatic heterocycles. The van der Waals surface area contributed by atoms with E-state index in [0.717, 1.165) is 7.00 Å². The summed E-state index contributed by atoms with van der Waals surface area (Å²) >= 11 is 0. The van der Waals surface area contributed by atoms with Crippen molar-refractivity contribution in [1.29, 1.82) is 0 Å². The molecule has 175 valence electrons. The number of nitrogens with one attached hydrogen (secondary N) is 1. The van der Waals surface area contributed by atoms with Crippen molar-refractivity contribution in [3.8, 4) is 0 Å². The van der Waals surface area contributed by atoms with Gasteiger partial charge in [0.05, 0.1) is 0 Å². The molecule has 11 heteroatoms. The van der Waals surface area contributed by atoms with Gasteiger partial charge < -0.3 is 0 Å². The molecule has 0 spiro atoms. The van der Waals surface area contributed by atoms with Crippen LogP contribution in [-0.2, 0) is 28.4 Å². The van der Waals surface area contributed by atoms with Crippen molar-refractivity contribution in [3.63, 3.8) is 0 Å². The predicted molar refractivity (Wildman–Crippen MR) is 122 cm³/mol. The summed E-state index contributed by atoms with van der Waals surface area (Å²) < 4.78 is 28.0. The Morgan fingerprint density at radius 2 is 1.56 bits per heavy atom. The van der Waals surface area contributed by atoms with Crippen LogP contribution in [0.1, 0.15) is 27.6 Å². The molecule has 3 rings (SSSR count). The van der Waals surface area contributed by atoms with Crippen LogP contribution in [0.5, 0.6) is 0 Å². The van der Waals surface area contributed by atoms with Crippen molar-refractivity contribution in [2.75, 3.05) is 13.7 Å². The van der Waals surface area contributed by atoms with E-state index in [1.165, 1.54) is 14.0 Å². The van der Waals surface area contributed by atoms with Crippen LogP contribution in [0.15, 0.2) is 60.7 Å². The Labute approximate surface area is 199 Å². The van der Waals surface area contributed by atoms with Crippen LogP contribution in [0.2, 0.25) is 0 Å². The monoisotopic (exact) mass is 464 g/mol. The summed E-state index contributed by atoms with van der Waals surface area (Å²) in [6.07, 6.45) is -4.08. The van der Waals surface area contributed by atoms with E-state index >= 15 is 0 Å². The molecule has 5 atom stereocenters. The number of carbonyl (C=O) groups excluding carboxylic acids is 3. The number of rotatable bonds is 9. The second-order valence-electron chi connectivity index (χ2n) is 7.44. The molecule has 1 fully saturated rings. The first-order valence-corrected chi connectivity index (χ1v) is 10.6. The molecular formula is C23H24B2NO8. The fraction of sp³-hybridized carbons (Fsp3) is 0.348. The molecule has 1 N–H and O–H groups in total. The first-order chi connectivity index (χ1) is 16.4. The maximum atomic E-state index is 12.8. The Kier molecular flexibility index (Phi) is 9.12. The Morgan fingerprint density at radius 1 is 0.971 bits per heavy atom. The molecule has 9 nitrogen and oxygen atoms in total. The summed E-state index contributed by atoms with van der Waals surface area (Å²) in [5, 5.41) is 2.68. The van der Waals surface area contributed by atoms with E-state index in [1.54, 1.807) is 60.7 Å². The van der Waals surface area contributed by atoms with E-state index in [0.29, 0.717) is 11.1 Å². The van der Waals surface area contributed by atoms with Gasteiger partial charge in [0.15, 0.2) is 0 Å². The van der Waals surface area contributed by atoms with Gasteiger partial charge in [0.2, 0.25) is 0 Å². The topological polar surface area (TPSA) is 109 Å². The van der Waals surface area contributed by atoms with E-state index in [1.807, 2.05) is 0 Å². The van der Waals surface area contributed by atoms with E-state index in [4.69, 9.17) is 31.0 Å². The quantitative estimate of drug-likeness (QED) is 0.433. The molecule has 34 heavy (non-hydrogen) atoms. The van der Waals surface area contributed by atoms with Gasteiger partial charge in [0.25, 0.3) is 0 Å². The molecule has 0 bridgehead atoms. The van der Waals surface area contributed by atoms with Crippen LogP contribution >= 0.6 is 0 Å². The second kappa shape index (κ2) is 12.2. The first-order valence-electron chi connectivity index (χ1n) is 10.6. The molecule has 1 radical (unpaired) electrons. The van der Waals surface area contributed by atoms with Crippen LogP contribution in [0.3, 0.4) is 0 Å². The number of ether oxygens (including phenoxy) is 4. The minimum atomic E-state index is -1.09. The number of amides is 1. The molecule has 0 aromatic heterocycles. The fourth-order valence-corrected chi connectivity index (χ4v) is 3.60. The van der Waals surface area contributed by atoms with Crippen molar-refractivity contribution in [2.24, 2.45) is 0 Å². The second-order valence-corrected chi connectivity index (χ2v) is 7.44. The van der Waals surface area contributed by atoms with Gasteiger partial charge in [0.1, 0.15) is 0 Å². The molecule has 1 saturated heterocycles. The van der Waals surface area contributed by atoms with Gasteiger partial charge in [-0.05, 0) is 0 Å². The molecule has 1 heterocycles. The van der Waals surface area contributed by atoms with Crippen molar-refractivity contribution < 1.29 is 38.0 Å². The molecule has 2 aromatic carbocycles. The standard InChI is InChI=1S/C23H24B2NO8/c1-14(27)26-18-20(33-22(29)16-11-7-4-8-12-16)19(34-25-24)17(32-23(18)30-2)13-31-21(28)15-9-5-3-6-10-15/h3-12,17-20,23H,13H2,1-2H3,(H,26,27)/t17?,18-,19-,20?,23+/m0/s1. The van der Waals surface area contributed by atoms with Crippen LogP contribution in [0.4, 0.5) is 0 Å². The van der Waals surface area contributed by atoms with Crippen molar-refractivity contribution in [3.05, 3.63) is 71.8 Å². The van der Waals surface area contributed by atoms with Crippen molar-refractivity contribution >= 4 is 32.2 Å². The molecule has 0 aliphatic carbocycles. The summed E-state index contributed by atoms with van der Waals surface area (Å²) in [5.74, 6) is -1.63. The van der Waals surface area contributed by atoms with Gasteiger partial charge in [0, 0.05) is 0 Å². The van der Waals surface area contributed by atoms with Crippen LogP contribution in [0.25, 0.3) is 0 Å².